The zero-order valence-electron chi connectivity index (χ0n) is 21.2. The molecule has 2 heterocycles. The van der Waals surface area contributed by atoms with Crippen molar-refractivity contribution in [2.75, 3.05) is 51.5 Å². The number of aromatic nitrogens is 1. The molecule has 0 radical (unpaired) electrons. The third kappa shape index (κ3) is 7.06. The summed E-state index contributed by atoms with van der Waals surface area (Å²) >= 11 is 1.47. The molecule has 1 aliphatic rings. The Morgan fingerprint density at radius 2 is 1.89 bits per heavy atom. The third-order valence-corrected chi connectivity index (χ3v) is 7.03. The van der Waals surface area contributed by atoms with Gasteiger partial charge in [0, 0.05) is 22.0 Å². The lowest BCUT2D eigenvalue weighted by Crippen LogP contribution is -2.36. The molecule has 0 bridgehead atoms. The molecular weight excluding hydrogens is 499 g/mol. The highest BCUT2D eigenvalue weighted by Crippen LogP contribution is 2.32. The van der Waals surface area contributed by atoms with Gasteiger partial charge in [-0.25, -0.2) is 0 Å². The van der Waals surface area contributed by atoms with Crippen molar-refractivity contribution in [3.05, 3.63) is 48.2 Å². The van der Waals surface area contributed by atoms with Crippen LogP contribution in [0.3, 0.4) is 0 Å². The Morgan fingerprint density at radius 1 is 1.11 bits per heavy atom. The van der Waals surface area contributed by atoms with E-state index in [1.165, 1.54) is 16.5 Å². The molecule has 198 valence electrons. The second-order valence-corrected chi connectivity index (χ2v) is 10.1. The van der Waals surface area contributed by atoms with E-state index < -0.39 is 12.7 Å². The summed E-state index contributed by atoms with van der Waals surface area (Å²) in [5, 5.41) is 7.51. The van der Waals surface area contributed by atoms with Crippen LogP contribution in [0.15, 0.2) is 47.4 Å². The fourth-order valence-electron chi connectivity index (χ4n) is 4.51. The largest absolute Gasteiger partial charge is 0.495 e. The number of fused-ring (bicyclic) bond motifs is 1. The van der Waals surface area contributed by atoms with Crippen LogP contribution in [0, 0.1) is 11.8 Å². The zero-order chi connectivity index (χ0) is 26.4. The molecule has 10 heteroatoms. The molecule has 4 rings (SSSR count). The Labute approximate surface area is 220 Å². The highest BCUT2D eigenvalue weighted by Gasteiger charge is 2.30. The summed E-state index contributed by atoms with van der Waals surface area (Å²) in [6, 6.07) is 13.2. The summed E-state index contributed by atoms with van der Waals surface area (Å²) in [6.07, 6.45) is -2.38. The van der Waals surface area contributed by atoms with E-state index in [9.17, 15) is 13.2 Å². The predicted octanol–water partition coefficient (Wildman–Crippen LogP) is 5.41. The van der Waals surface area contributed by atoms with Crippen LogP contribution in [-0.4, -0.2) is 62.5 Å². The molecule has 1 aromatic heterocycles. The number of halogens is 3. The van der Waals surface area contributed by atoms with Gasteiger partial charge in [0.05, 0.1) is 30.6 Å². The van der Waals surface area contributed by atoms with Crippen LogP contribution in [0.5, 0.6) is 5.75 Å². The number of nitrogens with zero attached hydrogens (tertiary/aromatic N) is 2. The van der Waals surface area contributed by atoms with E-state index in [4.69, 9.17) is 4.74 Å². The molecule has 3 N–H and O–H groups in total. The van der Waals surface area contributed by atoms with Crippen molar-refractivity contribution < 1.29 is 17.9 Å². The molecule has 1 aliphatic heterocycles. The highest BCUT2D eigenvalue weighted by molar-refractivity contribution is 7.97. The molecule has 37 heavy (non-hydrogen) atoms. The van der Waals surface area contributed by atoms with Gasteiger partial charge in [-0.15, -0.1) is 0 Å². The number of methoxy groups -OCH3 is 1. The standard InChI is InChI=1S/C27H32F3N5OS/c1-31-37-21-9-10-24(26(17-21)36-3)32-13-5-6-20-16-22-23(33-19-11-14-34(2)15-12-19)7-4-8-25(22)35(20)18-27(28,29)30/h4,7-10,16-17,19,31-33H,11-15,18H2,1-3H3. The van der Waals surface area contributed by atoms with E-state index in [1.54, 1.807) is 25.3 Å². The second-order valence-electron chi connectivity index (χ2n) is 9.01. The van der Waals surface area contributed by atoms with Crippen LogP contribution < -0.4 is 20.1 Å². The maximum atomic E-state index is 13.5. The number of nitrogens with one attached hydrogen (secondary N) is 3. The molecule has 0 aliphatic carbocycles. The number of rotatable bonds is 8. The van der Waals surface area contributed by atoms with Crippen LogP contribution in [0.25, 0.3) is 10.9 Å². The molecule has 0 saturated carbocycles. The Bertz CT molecular complexity index is 1270. The quantitative estimate of drug-likeness (QED) is 0.267. The Kier molecular flexibility index (Phi) is 8.79. The molecule has 1 saturated heterocycles. The molecule has 3 aromatic rings. The number of ether oxygens (including phenoxy) is 1. The minimum absolute atomic E-state index is 0.253. The number of likely N-dealkylation sites (tertiary alicyclic amines) is 1. The van der Waals surface area contributed by atoms with Gasteiger partial charge in [0.15, 0.2) is 0 Å². The van der Waals surface area contributed by atoms with Crippen molar-refractivity contribution in [3.8, 4) is 17.6 Å². The van der Waals surface area contributed by atoms with E-state index in [0.717, 1.165) is 47.6 Å². The number of hydrogen-bond acceptors (Lipinski definition) is 6. The summed E-state index contributed by atoms with van der Waals surface area (Å²) in [5.74, 6) is 6.61. The van der Waals surface area contributed by atoms with Crippen molar-refractivity contribution in [2.45, 2.75) is 36.5 Å². The van der Waals surface area contributed by atoms with Gasteiger partial charge >= 0.3 is 6.18 Å². The molecule has 6 nitrogen and oxygen atoms in total. The summed E-state index contributed by atoms with van der Waals surface area (Å²) in [7, 11) is 5.53. The first-order valence-corrected chi connectivity index (χ1v) is 13.0. The van der Waals surface area contributed by atoms with Crippen LogP contribution in [0.2, 0.25) is 0 Å². The van der Waals surface area contributed by atoms with E-state index in [0.29, 0.717) is 23.0 Å². The number of anilines is 2. The number of alkyl halides is 3. The summed E-state index contributed by atoms with van der Waals surface area (Å²) in [4.78, 5) is 3.28. The van der Waals surface area contributed by atoms with Gasteiger partial charge in [-0.1, -0.05) is 12.0 Å². The van der Waals surface area contributed by atoms with Gasteiger partial charge in [-0.3, -0.25) is 4.72 Å². The molecule has 2 aromatic carbocycles. The summed E-state index contributed by atoms with van der Waals surface area (Å²) in [5.41, 5.74) is 2.46. The maximum Gasteiger partial charge on any atom is 0.406 e. The first kappa shape index (κ1) is 27.0. The Morgan fingerprint density at radius 3 is 2.59 bits per heavy atom. The van der Waals surface area contributed by atoms with Crippen molar-refractivity contribution >= 4 is 34.2 Å². The average molecular weight is 532 g/mol. The van der Waals surface area contributed by atoms with Gasteiger partial charge in [0.2, 0.25) is 0 Å². The van der Waals surface area contributed by atoms with Crippen molar-refractivity contribution in [1.29, 1.82) is 0 Å². The average Bonchev–Trinajstić information content (AvgIpc) is 3.20. The van der Waals surface area contributed by atoms with E-state index in [1.807, 2.05) is 31.3 Å². The predicted molar refractivity (Wildman–Crippen MR) is 145 cm³/mol. The molecule has 0 atom stereocenters. The minimum atomic E-state index is -4.36. The van der Waals surface area contributed by atoms with Crippen molar-refractivity contribution in [1.82, 2.24) is 14.2 Å². The van der Waals surface area contributed by atoms with Gasteiger partial charge in [0.1, 0.15) is 12.3 Å². The van der Waals surface area contributed by atoms with Gasteiger partial charge < -0.3 is 24.8 Å². The van der Waals surface area contributed by atoms with Crippen molar-refractivity contribution in [3.63, 3.8) is 0 Å². The normalized spacial score (nSPS) is 14.9. The SMILES string of the molecule is CNSc1ccc(NCC#Cc2cc3c(NC4CCN(C)CC4)cccc3n2CC(F)(F)F)c(OC)c1. The van der Waals surface area contributed by atoms with E-state index >= 15 is 0 Å². The summed E-state index contributed by atoms with van der Waals surface area (Å²) in [6.45, 7) is 1.15. The van der Waals surface area contributed by atoms with Gasteiger partial charge in [-0.05, 0) is 94.3 Å². The van der Waals surface area contributed by atoms with Crippen LogP contribution in [-0.2, 0) is 6.54 Å². The number of benzene rings is 2. The smallest absolute Gasteiger partial charge is 0.406 e. The number of piperidine rings is 1. The lowest BCUT2D eigenvalue weighted by atomic mass is 10.0. The first-order valence-electron chi connectivity index (χ1n) is 12.2. The van der Waals surface area contributed by atoms with Crippen LogP contribution in [0.1, 0.15) is 18.5 Å². The Balaban J connectivity index is 1.57. The van der Waals surface area contributed by atoms with Gasteiger partial charge in [0.25, 0.3) is 0 Å². The van der Waals surface area contributed by atoms with E-state index in [-0.39, 0.29) is 6.54 Å². The van der Waals surface area contributed by atoms with Crippen molar-refractivity contribution in [2.24, 2.45) is 0 Å². The monoisotopic (exact) mass is 531 g/mol. The molecule has 0 amide bonds. The zero-order valence-corrected chi connectivity index (χ0v) is 22.0. The topological polar surface area (TPSA) is 53.5 Å². The highest BCUT2D eigenvalue weighted by atomic mass is 32.2. The van der Waals surface area contributed by atoms with Crippen LogP contribution >= 0.6 is 11.9 Å². The molecule has 1 fully saturated rings. The molecular formula is C27H32F3N5OS. The van der Waals surface area contributed by atoms with Crippen LogP contribution in [0.4, 0.5) is 24.5 Å². The fraction of sp³-hybridized carbons (Fsp3) is 0.407. The minimum Gasteiger partial charge on any atom is -0.495 e. The maximum absolute atomic E-state index is 13.5. The third-order valence-electron chi connectivity index (χ3n) is 6.34. The molecule has 0 spiro atoms. The summed E-state index contributed by atoms with van der Waals surface area (Å²) < 4.78 is 50.2. The molecule has 0 unspecified atom stereocenters. The Hall–Kier alpha value is -3.00. The number of hydrogen-bond donors (Lipinski definition) is 3. The van der Waals surface area contributed by atoms with Gasteiger partial charge in [-0.2, -0.15) is 13.2 Å². The second kappa shape index (κ2) is 12.0. The fourth-order valence-corrected chi connectivity index (χ4v) is 5.05. The van der Waals surface area contributed by atoms with E-state index in [2.05, 4.69) is 39.1 Å². The first-order chi connectivity index (χ1) is 17.8. The lowest BCUT2D eigenvalue weighted by Gasteiger charge is -2.30. The lowest BCUT2D eigenvalue weighted by molar-refractivity contribution is -0.140.